The van der Waals surface area contributed by atoms with Crippen LogP contribution in [0.15, 0.2) is 85.1 Å². The summed E-state index contributed by atoms with van der Waals surface area (Å²) in [7, 11) is 0. The van der Waals surface area contributed by atoms with Gasteiger partial charge in [0.1, 0.15) is 13.2 Å². The highest BCUT2D eigenvalue weighted by molar-refractivity contribution is 5.71. The zero-order valence-corrected chi connectivity index (χ0v) is 49.6. The third-order valence-corrected chi connectivity index (χ3v) is 13.9. The number of hydrogen-bond donors (Lipinski definition) is 0. The van der Waals surface area contributed by atoms with Gasteiger partial charge in [-0.15, -0.1) is 0 Å². The molecule has 0 saturated heterocycles. The number of carbonyl (C=O) groups excluding carboxylic acids is 3. The van der Waals surface area contributed by atoms with Crippen molar-refractivity contribution in [2.24, 2.45) is 0 Å². The lowest BCUT2D eigenvalue weighted by Gasteiger charge is -2.18. The molecule has 1 unspecified atom stereocenters. The molecule has 0 amide bonds. The van der Waals surface area contributed by atoms with Crippen LogP contribution in [0.5, 0.6) is 0 Å². The molecule has 0 bridgehead atoms. The molecule has 0 aromatic rings. The number of unbranched alkanes of at least 4 members (excludes halogenated alkanes) is 33. The molecule has 0 rings (SSSR count). The summed E-state index contributed by atoms with van der Waals surface area (Å²) < 4.78 is 16.8. The third kappa shape index (κ3) is 61.3. The van der Waals surface area contributed by atoms with Crippen molar-refractivity contribution in [3.05, 3.63) is 85.1 Å². The zero-order chi connectivity index (χ0) is 54.3. The molecule has 0 aromatic heterocycles. The van der Waals surface area contributed by atoms with E-state index in [9.17, 15) is 14.4 Å². The Bertz CT molecular complexity index is 1430. The van der Waals surface area contributed by atoms with Crippen LogP contribution in [-0.4, -0.2) is 37.2 Å². The summed E-state index contributed by atoms with van der Waals surface area (Å²) in [6.07, 6.45) is 83.6. The average Bonchev–Trinajstić information content (AvgIpc) is 3.41. The Hall–Kier alpha value is -3.41. The molecule has 0 fully saturated rings. The normalized spacial score (nSPS) is 12.6. The minimum atomic E-state index is -0.780. The fourth-order valence-electron chi connectivity index (χ4n) is 9.13. The molecular weight excluding hydrogens is 925 g/mol. The van der Waals surface area contributed by atoms with E-state index in [0.717, 1.165) is 128 Å². The second-order valence-electron chi connectivity index (χ2n) is 21.3. The van der Waals surface area contributed by atoms with Gasteiger partial charge in [-0.1, -0.05) is 305 Å². The molecule has 0 spiro atoms. The van der Waals surface area contributed by atoms with E-state index >= 15 is 0 Å². The summed E-state index contributed by atoms with van der Waals surface area (Å²) in [4.78, 5) is 37.9. The predicted molar refractivity (Wildman–Crippen MR) is 325 cm³/mol. The maximum atomic E-state index is 12.8. The van der Waals surface area contributed by atoms with Crippen LogP contribution < -0.4 is 0 Å². The molecular formula is C69H120O6. The first kappa shape index (κ1) is 71.6. The fraction of sp³-hybridized carbons (Fsp3) is 0.754. The van der Waals surface area contributed by atoms with E-state index in [1.54, 1.807) is 0 Å². The van der Waals surface area contributed by atoms with Gasteiger partial charge in [0.15, 0.2) is 6.10 Å². The van der Waals surface area contributed by atoms with Crippen LogP contribution >= 0.6 is 0 Å². The summed E-state index contributed by atoms with van der Waals surface area (Å²) in [6.45, 7) is 6.46. The molecule has 0 aliphatic heterocycles. The van der Waals surface area contributed by atoms with E-state index in [1.165, 1.54) is 148 Å². The monoisotopic (exact) mass is 1040 g/mol. The van der Waals surface area contributed by atoms with Crippen molar-refractivity contribution < 1.29 is 28.6 Å². The Balaban J connectivity index is 4.08. The van der Waals surface area contributed by atoms with Gasteiger partial charge >= 0.3 is 17.9 Å². The van der Waals surface area contributed by atoms with Crippen molar-refractivity contribution in [2.45, 2.75) is 322 Å². The minimum Gasteiger partial charge on any atom is -0.462 e. The number of hydrogen-bond acceptors (Lipinski definition) is 6. The van der Waals surface area contributed by atoms with Gasteiger partial charge in [-0.05, 0) is 77.0 Å². The van der Waals surface area contributed by atoms with Gasteiger partial charge in [-0.25, -0.2) is 0 Å². The van der Waals surface area contributed by atoms with Gasteiger partial charge in [0.25, 0.3) is 0 Å². The van der Waals surface area contributed by atoms with E-state index in [1.807, 2.05) is 0 Å². The van der Waals surface area contributed by atoms with Crippen LogP contribution in [0.3, 0.4) is 0 Å². The van der Waals surface area contributed by atoms with Crippen LogP contribution in [0.25, 0.3) is 0 Å². The first-order chi connectivity index (χ1) is 37.0. The Labute approximate surface area is 465 Å². The fourth-order valence-corrected chi connectivity index (χ4v) is 9.13. The molecule has 0 saturated carbocycles. The second-order valence-corrected chi connectivity index (χ2v) is 21.3. The van der Waals surface area contributed by atoms with E-state index in [-0.39, 0.29) is 31.1 Å². The van der Waals surface area contributed by atoms with Gasteiger partial charge < -0.3 is 14.2 Å². The Kier molecular flexibility index (Phi) is 60.3. The highest BCUT2D eigenvalue weighted by Gasteiger charge is 2.19. The zero-order valence-electron chi connectivity index (χ0n) is 49.6. The molecule has 0 heterocycles. The van der Waals surface area contributed by atoms with Gasteiger partial charge in [0.05, 0.1) is 0 Å². The third-order valence-electron chi connectivity index (χ3n) is 13.9. The largest absolute Gasteiger partial charge is 0.462 e. The lowest BCUT2D eigenvalue weighted by Crippen LogP contribution is -2.30. The highest BCUT2D eigenvalue weighted by Crippen LogP contribution is 2.17. The van der Waals surface area contributed by atoms with E-state index in [0.29, 0.717) is 19.3 Å². The second kappa shape index (κ2) is 63.1. The highest BCUT2D eigenvalue weighted by atomic mass is 16.6. The van der Waals surface area contributed by atoms with Gasteiger partial charge in [0.2, 0.25) is 0 Å². The molecule has 75 heavy (non-hydrogen) atoms. The molecule has 0 N–H and O–H groups in total. The molecule has 432 valence electrons. The van der Waals surface area contributed by atoms with Crippen molar-refractivity contribution in [1.29, 1.82) is 0 Å². The van der Waals surface area contributed by atoms with E-state index in [2.05, 4.69) is 106 Å². The van der Waals surface area contributed by atoms with Crippen LogP contribution in [0, 0.1) is 0 Å². The molecule has 6 nitrogen and oxygen atoms in total. The summed E-state index contributed by atoms with van der Waals surface area (Å²) in [6, 6.07) is 0. The van der Waals surface area contributed by atoms with Crippen molar-refractivity contribution in [2.75, 3.05) is 13.2 Å². The quantitative estimate of drug-likeness (QED) is 0.0261. The van der Waals surface area contributed by atoms with Crippen molar-refractivity contribution in [3.8, 4) is 0 Å². The van der Waals surface area contributed by atoms with Gasteiger partial charge in [-0.2, -0.15) is 0 Å². The van der Waals surface area contributed by atoms with Crippen LogP contribution in [0.4, 0.5) is 0 Å². The SMILES string of the molecule is CC/C=C\C/C=C\C/C=C\C/C=C\C/C=C\C/C=C\C/C=C\CCCCCCCC(=O)OCC(COC(=O)CCCCCCC)OC(=O)CCCCCCCCCCCCCCCCCCCCCCCCCCC. The molecule has 0 aliphatic carbocycles. The summed E-state index contributed by atoms with van der Waals surface area (Å²) in [5.74, 6) is -0.903. The average molecular weight is 1050 g/mol. The standard InChI is InChI=1S/C69H120O6/c1-4-7-10-13-15-17-19-21-23-25-27-29-31-33-34-36-37-39-41-43-45-47-49-51-53-56-59-62-68(71)74-65-66(64-73-67(70)61-58-55-12-9-6-3)75-69(72)63-60-57-54-52-50-48-46-44-42-40-38-35-32-30-28-26-24-22-20-18-16-14-11-8-5-2/h7,10,15,17,21,23,27,29,33-34,37,39,43,45,66H,4-6,8-9,11-14,16,18-20,22,24-26,28,30-32,35-36,38,40-42,44,46-65H2,1-3H3/b10-7-,17-15-,23-21-,29-27-,34-33-,39-37-,45-43-. The van der Waals surface area contributed by atoms with Crippen molar-refractivity contribution in [3.63, 3.8) is 0 Å². The number of carbonyl (C=O) groups is 3. The molecule has 6 heteroatoms. The van der Waals surface area contributed by atoms with Gasteiger partial charge in [-0.3, -0.25) is 14.4 Å². The van der Waals surface area contributed by atoms with E-state index in [4.69, 9.17) is 14.2 Å². The van der Waals surface area contributed by atoms with E-state index < -0.39 is 6.10 Å². The topological polar surface area (TPSA) is 78.9 Å². The first-order valence-corrected chi connectivity index (χ1v) is 32.1. The van der Waals surface area contributed by atoms with Crippen LogP contribution in [-0.2, 0) is 28.6 Å². The summed E-state index contributed by atoms with van der Waals surface area (Å²) >= 11 is 0. The molecule has 0 radical (unpaired) electrons. The predicted octanol–water partition coefficient (Wildman–Crippen LogP) is 21.9. The van der Waals surface area contributed by atoms with Crippen molar-refractivity contribution in [1.82, 2.24) is 0 Å². The van der Waals surface area contributed by atoms with Crippen LogP contribution in [0.2, 0.25) is 0 Å². The Morgan fingerprint density at radius 3 is 0.813 bits per heavy atom. The lowest BCUT2D eigenvalue weighted by atomic mass is 10.0. The smallest absolute Gasteiger partial charge is 0.306 e. The number of ether oxygens (including phenoxy) is 3. The summed E-state index contributed by atoms with van der Waals surface area (Å²) in [5.41, 5.74) is 0. The molecule has 1 atom stereocenters. The Morgan fingerprint density at radius 1 is 0.280 bits per heavy atom. The van der Waals surface area contributed by atoms with Crippen molar-refractivity contribution >= 4 is 17.9 Å². The van der Waals surface area contributed by atoms with Crippen LogP contribution in [0.1, 0.15) is 316 Å². The number of allylic oxidation sites excluding steroid dienone is 14. The molecule has 0 aromatic carbocycles. The van der Waals surface area contributed by atoms with Gasteiger partial charge in [0, 0.05) is 19.3 Å². The summed E-state index contributed by atoms with van der Waals surface area (Å²) in [5, 5.41) is 0. The first-order valence-electron chi connectivity index (χ1n) is 32.1. The lowest BCUT2D eigenvalue weighted by molar-refractivity contribution is -0.167. The maximum Gasteiger partial charge on any atom is 0.306 e. The molecule has 0 aliphatic rings. The maximum absolute atomic E-state index is 12.8. The number of esters is 3. The minimum absolute atomic E-state index is 0.0812. The Morgan fingerprint density at radius 2 is 0.520 bits per heavy atom. The number of rotatable bonds is 58.